The summed E-state index contributed by atoms with van der Waals surface area (Å²) in [6.07, 6.45) is 5.78. The first-order chi connectivity index (χ1) is 12.3. The van der Waals surface area contributed by atoms with Crippen LogP contribution in [0.1, 0.15) is 35.3 Å². The number of carbonyl (C=O) groups is 1. The predicted molar refractivity (Wildman–Crippen MR) is 103 cm³/mol. The highest BCUT2D eigenvalue weighted by Crippen LogP contribution is 2.25. The molecule has 3 nitrogen and oxygen atoms in total. The van der Waals surface area contributed by atoms with Crippen molar-refractivity contribution in [2.24, 2.45) is 0 Å². The zero-order chi connectivity index (χ0) is 17.1. The van der Waals surface area contributed by atoms with E-state index < -0.39 is 0 Å². The van der Waals surface area contributed by atoms with E-state index in [0.717, 1.165) is 32.5 Å². The van der Waals surface area contributed by atoms with Crippen LogP contribution in [0.4, 0.5) is 0 Å². The molecule has 3 heterocycles. The number of piperidine rings is 1. The van der Waals surface area contributed by atoms with Crippen LogP contribution in [0.2, 0.25) is 0 Å². The zero-order valence-corrected chi connectivity index (χ0v) is 15.5. The van der Waals surface area contributed by atoms with E-state index in [9.17, 15) is 4.79 Å². The summed E-state index contributed by atoms with van der Waals surface area (Å²) in [7, 11) is 0. The molecule has 1 saturated heterocycles. The third kappa shape index (κ3) is 3.96. The number of benzene rings is 1. The Bertz CT molecular complexity index is 712. The summed E-state index contributed by atoms with van der Waals surface area (Å²) in [5, 5.41) is 2.15. The van der Waals surface area contributed by atoms with E-state index in [0.29, 0.717) is 18.5 Å². The fourth-order valence-corrected chi connectivity index (χ4v) is 5.01. The lowest BCUT2D eigenvalue weighted by Gasteiger charge is -2.37. The molecule has 1 aromatic heterocycles. The Hall–Kier alpha value is -1.65. The van der Waals surface area contributed by atoms with E-state index in [1.54, 1.807) is 0 Å². The zero-order valence-electron chi connectivity index (χ0n) is 14.7. The lowest BCUT2D eigenvalue weighted by atomic mass is 9.95. The Labute approximate surface area is 154 Å². The van der Waals surface area contributed by atoms with Gasteiger partial charge in [0.05, 0.1) is 6.54 Å². The van der Waals surface area contributed by atoms with Gasteiger partial charge in [0.1, 0.15) is 0 Å². The molecule has 2 aromatic rings. The van der Waals surface area contributed by atoms with Crippen molar-refractivity contribution in [2.75, 3.05) is 19.6 Å². The first-order valence-corrected chi connectivity index (χ1v) is 10.3. The number of hydrogen-bond acceptors (Lipinski definition) is 3. The van der Waals surface area contributed by atoms with Gasteiger partial charge in [-0.3, -0.25) is 9.69 Å². The molecule has 4 rings (SSSR count). The van der Waals surface area contributed by atoms with E-state index in [-0.39, 0.29) is 0 Å². The lowest BCUT2D eigenvalue weighted by molar-refractivity contribution is -0.134. The molecule has 0 radical (unpaired) electrons. The van der Waals surface area contributed by atoms with Crippen molar-refractivity contribution in [1.82, 2.24) is 9.80 Å². The van der Waals surface area contributed by atoms with Crippen molar-refractivity contribution in [1.29, 1.82) is 0 Å². The number of hydrogen-bond donors (Lipinski definition) is 0. The van der Waals surface area contributed by atoms with Crippen molar-refractivity contribution in [3.8, 4) is 0 Å². The lowest BCUT2D eigenvalue weighted by Crippen LogP contribution is -2.48. The molecule has 0 saturated carbocycles. The highest BCUT2D eigenvalue weighted by molar-refractivity contribution is 7.10. The van der Waals surface area contributed by atoms with E-state index >= 15 is 0 Å². The molecule has 4 heteroatoms. The van der Waals surface area contributed by atoms with Gasteiger partial charge in [-0.05, 0) is 54.8 Å². The van der Waals surface area contributed by atoms with Gasteiger partial charge in [0.25, 0.3) is 0 Å². The average Bonchev–Trinajstić information content (AvgIpc) is 3.12. The normalized spacial score (nSPS) is 21.1. The van der Waals surface area contributed by atoms with Gasteiger partial charge < -0.3 is 4.90 Å². The number of fused-ring (bicyclic) bond motifs is 1. The molecule has 2 aliphatic rings. The van der Waals surface area contributed by atoms with Gasteiger partial charge >= 0.3 is 0 Å². The van der Waals surface area contributed by atoms with Gasteiger partial charge in [-0.25, -0.2) is 0 Å². The number of rotatable bonds is 4. The number of likely N-dealkylation sites (tertiary alicyclic amines) is 1. The van der Waals surface area contributed by atoms with E-state index in [4.69, 9.17) is 0 Å². The van der Waals surface area contributed by atoms with Crippen LogP contribution in [0.15, 0.2) is 41.8 Å². The molecule has 2 aliphatic heterocycles. The highest BCUT2D eigenvalue weighted by atomic mass is 32.1. The fourth-order valence-electron chi connectivity index (χ4n) is 4.12. The van der Waals surface area contributed by atoms with Crippen molar-refractivity contribution in [3.63, 3.8) is 0 Å². The third-order valence-corrected chi connectivity index (χ3v) is 6.58. The van der Waals surface area contributed by atoms with E-state index in [2.05, 4.69) is 51.6 Å². The number of thiophene rings is 1. The molecular formula is C21H26N2OS. The van der Waals surface area contributed by atoms with Crippen LogP contribution >= 0.6 is 11.3 Å². The molecule has 0 spiro atoms. The van der Waals surface area contributed by atoms with Crippen LogP contribution in [-0.2, 0) is 24.2 Å². The smallest absolute Gasteiger partial charge is 0.237 e. The van der Waals surface area contributed by atoms with Crippen molar-refractivity contribution >= 4 is 17.2 Å². The Balaban J connectivity index is 1.39. The van der Waals surface area contributed by atoms with Crippen LogP contribution in [-0.4, -0.2) is 41.4 Å². The van der Waals surface area contributed by atoms with Crippen LogP contribution in [0.3, 0.4) is 0 Å². The minimum absolute atomic E-state index is 0.303. The van der Waals surface area contributed by atoms with Crippen LogP contribution in [0.25, 0.3) is 0 Å². The Morgan fingerprint density at radius 2 is 2.00 bits per heavy atom. The van der Waals surface area contributed by atoms with Crippen LogP contribution in [0, 0.1) is 0 Å². The second kappa shape index (κ2) is 7.71. The molecule has 1 atom stereocenters. The average molecular weight is 355 g/mol. The van der Waals surface area contributed by atoms with Crippen molar-refractivity contribution < 1.29 is 4.79 Å². The molecule has 0 bridgehead atoms. The minimum atomic E-state index is 0.303. The van der Waals surface area contributed by atoms with Gasteiger partial charge in [-0.2, -0.15) is 0 Å². The summed E-state index contributed by atoms with van der Waals surface area (Å²) in [5.41, 5.74) is 2.73. The standard InChI is InChI=1S/C21H26N2OS/c24-21(23-12-9-20-18(15-23)10-13-25-20)16-22-11-5-4-8-19(22)14-17-6-2-1-3-7-17/h1-3,6-7,10,13,19H,4-5,8-9,11-12,14-16H2. The minimum Gasteiger partial charge on any atom is -0.337 e. The van der Waals surface area contributed by atoms with Gasteiger partial charge in [-0.1, -0.05) is 36.8 Å². The molecule has 1 fully saturated rings. The first-order valence-electron chi connectivity index (χ1n) is 9.40. The molecule has 0 aliphatic carbocycles. The van der Waals surface area contributed by atoms with Gasteiger partial charge in [-0.15, -0.1) is 11.3 Å². The van der Waals surface area contributed by atoms with Gasteiger partial charge in [0.2, 0.25) is 5.91 Å². The van der Waals surface area contributed by atoms with Crippen molar-refractivity contribution in [3.05, 3.63) is 57.8 Å². The molecular weight excluding hydrogens is 328 g/mol. The molecule has 25 heavy (non-hydrogen) atoms. The number of nitrogens with zero attached hydrogens (tertiary/aromatic N) is 2. The largest absolute Gasteiger partial charge is 0.337 e. The van der Waals surface area contributed by atoms with E-state index in [1.165, 1.54) is 35.3 Å². The van der Waals surface area contributed by atoms with Crippen LogP contribution < -0.4 is 0 Å². The van der Waals surface area contributed by atoms with Crippen molar-refractivity contribution in [2.45, 2.75) is 44.7 Å². The van der Waals surface area contributed by atoms with E-state index in [1.807, 2.05) is 11.3 Å². The quantitative estimate of drug-likeness (QED) is 0.835. The molecule has 132 valence electrons. The second-order valence-electron chi connectivity index (χ2n) is 7.24. The third-order valence-electron chi connectivity index (χ3n) is 5.56. The summed E-state index contributed by atoms with van der Waals surface area (Å²) in [6, 6.07) is 13.4. The molecule has 0 N–H and O–H groups in total. The summed E-state index contributed by atoms with van der Waals surface area (Å²) < 4.78 is 0. The van der Waals surface area contributed by atoms with Gasteiger partial charge in [0, 0.05) is 24.0 Å². The SMILES string of the molecule is O=C(CN1CCCCC1Cc1ccccc1)N1CCc2sccc2C1. The number of carbonyl (C=O) groups excluding carboxylic acids is 1. The first kappa shape index (κ1) is 16.8. The molecule has 1 aromatic carbocycles. The maximum atomic E-state index is 12.9. The maximum absolute atomic E-state index is 12.9. The summed E-state index contributed by atoms with van der Waals surface area (Å²) in [4.78, 5) is 18.8. The topological polar surface area (TPSA) is 23.6 Å². The summed E-state index contributed by atoms with van der Waals surface area (Å²) >= 11 is 1.83. The Morgan fingerprint density at radius 3 is 2.88 bits per heavy atom. The Kier molecular flexibility index (Phi) is 5.18. The highest BCUT2D eigenvalue weighted by Gasteiger charge is 2.28. The van der Waals surface area contributed by atoms with Crippen LogP contribution in [0.5, 0.6) is 0 Å². The monoisotopic (exact) mass is 354 g/mol. The number of amides is 1. The predicted octanol–water partition coefficient (Wildman–Crippen LogP) is 3.73. The van der Waals surface area contributed by atoms with Gasteiger partial charge in [0.15, 0.2) is 0 Å². The summed E-state index contributed by atoms with van der Waals surface area (Å²) in [6.45, 7) is 3.32. The Morgan fingerprint density at radius 1 is 1.12 bits per heavy atom. The summed E-state index contributed by atoms with van der Waals surface area (Å²) in [5.74, 6) is 0.303. The maximum Gasteiger partial charge on any atom is 0.237 e. The molecule has 1 amide bonds. The fraction of sp³-hybridized carbons (Fsp3) is 0.476. The molecule has 1 unspecified atom stereocenters. The second-order valence-corrected chi connectivity index (χ2v) is 8.24.